The fourth-order valence-electron chi connectivity index (χ4n) is 2.83. The predicted octanol–water partition coefficient (Wildman–Crippen LogP) is 2.38. The van der Waals surface area contributed by atoms with Gasteiger partial charge in [-0.2, -0.15) is 0 Å². The summed E-state index contributed by atoms with van der Waals surface area (Å²) in [6, 6.07) is 7.68. The smallest absolute Gasteiger partial charge is 0.326 e. The molecule has 0 radical (unpaired) electrons. The number of rotatable bonds is 8. The molecule has 0 aliphatic rings. The first-order valence-corrected chi connectivity index (χ1v) is 9.36. The number of fused-ring (bicyclic) bond motifs is 1. The van der Waals surface area contributed by atoms with E-state index < -0.39 is 11.6 Å². The number of hydrogen-bond donors (Lipinski definition) is 0. The van der Waals surface area contributed by atoms with Crippen molar-refractivity contribution in [2.24, 2.45) is 0 Å². The second-order valence-corrected chi connectivity index (χ2v) is 8.07. The lowest BCUT2D eigenvalue weighted by atomic mass is 10.2. The van der Waals surface area contributed by atoms with Crippen LogP contribution in [0.3, 0.4) is 0 Å². The normalized spacial score (nSPS) is 11.7. The molecule has 1 aromatic heterocycles. The van der Waals surface area contributed by atoms with Gasteiger partial charge in [-0.3, -0.25) is 9.59 Å². The van der Waals surface area contributed by atoms with Crippen LogP contribution in [-0.4, -0.2) is 72.7 Å². The lowest BCUT2D eigenvalue weighted by Crippen LogP contribution is -2.43. The quantitative estimate of drug-likeness (QED) is 0.649. The summed E-state index contributed by atoms with van der Waals surface area (Å²) in [5, 5.41) is 0.999. The molecular weight excluding hydrogens is 358 g/mol. The average Bonchev–Trinajstić information content (AvgIpc) is 2.98. The van der Waals surface area contributed by atoms with Gasteiger partial charge in [-0.1, -0.05) is 0 Å². The first kappa shape index (κ1) is 21.8. The highest BCUT2D eigenvalue weighted by Crippen LogP contribution is 2.22. The van der Waals surface area contributed by atoms with Gasteiger partial charge in [0.05, 0.1) is 7.11 Å². The first-order chi connectivity index (χ1) is 13.1. The number of likely N-dealkylation sites (N-methyl/N-ethyl adjacent to an activating group) is 1. The number of ether oxygens (including phenoxy) is 2. The predicted molar refractivity (Wildman–Crippen MR) is 109 cm³/mol. The van der Waals surface area contributed by atoms with Crippen LogP contribution in [0.5, 0.6) is 5.75 Å². The third-order valence-corrected chi connectivity index (χ3v) is 4.19. The minimum atomic E-state index is -0.580. The van der Waals surface area contributed by atoms with Gasteiger partial charge in [0.15, 0.2) is 0 Å². The van der Waals surface area contributed by atoms with Gasteiger partial charge in [-0.25, -0.2) is 0 Å². The standard InChI is InChI=1S/C21H31N3O4/c1-21(2,3)28-20(26)15-24(12-11-22(4)5)19(25)14-23-10-9-16-13-17(27-6)7-8-18(16)23/h7-10,13H,11-12,14-15H2,1-6H3. The Morgan fingerprint density at radius 3 is 2.43 bits per heavy atom. The van der Waals surface area contributed by atoms with E-state index in [2.05, 4.69) is 0 Å². The fraction of sp³-hybridized carbons (Fsp3) is 0.524. The van der Waals surface area contributed by atoms with Crippen molar-refractivity contribution >= 4 is 22.8 Å². The van der Waals surface area contributed by atoms with E-state index in [1.807, 2.05) is 74.8 Å². The molecule has 2 rings (SSSR count). The fourth-order valence-corrected chi connectivity index (χ4v) is 2.83. The van der Waals surface area contributed by atoms with Crippen LogP contribution in [0.1, 0.15) is 20.8 Å². The number of methoxy groups -OCH3 is 1. The summed E-state index contributed by atoms with van der Waals surface area (Å²) in [6.45, 7) is 6.67. The minimum Gasteiger partial charge on any atom is -0.497 e. The Bertz CT molecular complexity index is 821. The van der Waals surface area contributed by atoms with Gasteiger partial charge in [0.1, 0.15) is 24.4 Å². The molecule has 0 fully saturated rings. The van der Waals surface area contributed by atoms with Gasteiger partial charge in [0.25, 0.3) is 0 Å². The van der Waals surface area contributed by atoms with E-state index in [0.717, 1.165) is 16.7 Å². The molecule has 0 atom stereocenters. The number of benzene rings is 1. The molecule has 0 aliphatic heterocycles. The molecule has 0 bridgehead atoms. The maximum Gasteiger partial charge on any atom is 0.326 e. The molecule has 2 aromatic rings. The first-order valence-electron chi connectivity index (χ1n) is 9.36. The summed E-state index contributed by atoms with van der Waals surface area (Å²) in [6.07, 6.45) is 1.87. The van der Waals surface area contributed by atoms with Crippen molar-refractivity contribution in [3.8, 4) is 5.75 Å². The SMILES string of the molecule is COc1ccc2c(ccn2CC(=O)N(CCN(C)C)CC(=O)OC(C)(C)C)c1. The van der Waals surface area contributed by atoms with Crippen LogP contribution >= 0.6 is 0 Å². The molecule has 0 N–H and O–H groups in total. The summed E-state index contributed by atoms with van der Waals surface area (Å²) in [7, 11) is 5.49. The van der Waals surface area contributed by atoms with Crippen molar-refractivity contribution < 1.29 is 19.1 Å². The van der Waals surface area contributed by atoms with Gasteiger partial charge in [0.2, 0.25) is 5.91 Å². The van der Waals surface area contributed by atoms with Crippen LogP contribution in [0, 0.1) is 0 Å². The Morgan fingerprint density at radius 2 is 1.82 bits per heavy atom. The Hall–Kier alpha value is -2.54. The van der Waals surface area contributed by atoms with Crippen LogP contribution in [0.2, 0.25) is 0 Å². The topological polar surface area (TPSA) is 64.0 Å². The molecule has 0 saturated heterocycles. The van der Waals surface area contributed by atoms with E-state index in [1.54, 1.807) is 12.0 Å². The molecule has 7 nitrogen and oxygen atoms in total. The van der Waals surface area contributed by atoms with Crippen molar-refractivity contribution in [2.45, 2.75) is 32.9 Å². The molecule has 154 valence electrons. The number of hydrogen-bond acceptors (Lipinski definition) is 5. The highest BCUT2D eigenvalue weighted by Gasteiger charge is 2.22. The lowest BCUT2D eigenvalue weighted by molar-refractivity contribution is -0.159. The van der Waals surface area contributed by atoms with E-state index in [1.165, 1.54) is 0 Å². The highest BCUT2D eigenvalue weighted by atomic mass is 16.6. The van der Waals surface area contributed by atoms with E-state index in [-0.39, 0.29) is 19.0 Å². The maximum atomic E-state index is 12.9. The number of carbonyl (C=O) groups is 2. The van der Waals surface area contributed by atoms with Crippen molar-refractivity contribution in [1.82, 2.24) is 14.4 Å². The van der Waals surface area contributed by atoms with Crippen LogP contribution in [0.4, 0.5) is 0 Å². The number of amides is 1. The summed E-state index contributed by atoms with van der Waals surface area (Å²) in [5.74, 6) is 0.247. The molecule has 0 aliphatic carbocycles. The molecule has 0 saturated carbocycles. The van der Waals surface area contributed by atoms with Crippen LogP contribution in [0.25, 0.3) is 10.9 Å². The number of aromatic nitrogens is 1. The molecule has 7 heteroatoms. The molecule has 1 aromatic carbocycles. The molecule has 0 unspecified atom stereocenters. The van der Waals surface area contributed by atoms with Gasteiger partial charge in [-0.15, -0.1) is 0 Å². The minimum absolute atomic E-state index is 0.0586. The highest BCUT2D eigenvalue weighted by molar-refractivity contribution is 5.86. The Labute approximate surface area is 166 Å². The van der Waals surface area contributed by atoms with Crippen molar-refractivity contribution in [1.29, 1.82) is 0 Å². The van der Waals surface area contributed by atoms with Gasteiger partial charge >= 0.3 is 5.97 Å². The average molecular weight is 389 g/mol. The van der Waals surface area contributed by atoms with Crippen LogP contribution in [-0.2, 0) is 20.9 Å². The zero-order chi connectivity index (χ0) is 20.9. The van der Waals surface area contributed by atoms with E-state index >= 15 is 0 Å². The zero-order valence-electron chi connectivity index (χ0n) is 17.7. The second kappa shape index (κ2) is 9.10. The number of esters is 1. The van der Waals surface area contributed by atoms with Crippen molar-refractivity contribution in [2.75, 3.05) is 40.8 Å². The van der Waals surface area contributed by atoms with E-state index in [0.29, 0.717) is 13.1 Å². The Balaban J connectivity index is 2.13. The maximum absolute atomic E-state index is 12.9. The summed E-state index contributed by atoms with van der Waals surface area (Å²) < 4.78 is 12.5. The molecule has 1 heterocycles. The molecule has 1 amide bonds. The van der Waals surface area contributed by atoms with Crippen molar-refractivity contribution in [3.05, 3.63) is 30.5 Å². The molecule has 28 heavy (non-hydrogen) atoms. The second-order valence-electron chi connectivity index (χ2n) is 8.07. The number of nitrogens with zero attached hydrogens (tertiary/aromatic N) is 3. The zero-order valence-corrected chi connectivity index (χ0v) is 17.7. The number of carbonyl (C=O) groups excluding carboxylic acids is 2. The van der Waals surface area contributed by atoms with Crippen LogP contribution < -0.4 is 4.74 Å². The Kier molecular flexibility index (Phi) is 7.07. The third-order valence-electron chi connectivity index (χ3n) is 4.19. The van der Waals surface area contributed by atoms with Gasteiger partial charge < -0.3 is 23.8 Å². The summed E-state index contributed by atoms with van der Waals surface area (Å²) in [4.78, 5) is 28.7. The molecule has 0 spiro atoms. The lowest BCUT2D eigenvalue weighted by Gasteiger charge is -2.26. The monoisotopic (exact) mass is 389 g/mol. The Morgan fingerprint density at radius 1 is 1.11 bits per heavy atom. The van der Waals surface area contributed by atoms with Crippen LogP contribution in [0.15, 0.2) is 30.5 Å². The van der Waals surface area contributed by atoms with Gasteiger partial charge in [0, 0.05) is 30.2 Å². The molecular formula is C21H31N3O4. The van der Waals surface area contributed by atoms with E-state index in [4.69, 9.17) is 9.47 Å². The largest absolute Gasteiger partial charge is 0.497 e. The summed E-state index contributed by atoms with van der Waals surface area (Å²) >= 11 is 0. The van der Waals surface area contributed by atoms with Gasteiger partial charge in [-0.05, 0) is 59.1 Å². The van der Waals surface area contributed by atoms with E-state index in [9.17, 15) is 9.59 Å². The summed E-state index contributed by atoms with van der Waals surface area (Å²) in [5.41, 5.74) is 0.363. The van der Waals surface area contributed by atoms with Crippen molar-refractivity contribution in [3.63, 3.8) is 0 Å². The third kappa shape index (κ3) is 6.27.